The quantitative estimate of drug-likeness (QED) is 0.828. The molecule has 1 heterocycles. The van der Waals surface area contributed by atoms with E-state index in [1.165, 1.54) is 0 Å². The van der Waals surface area contributed by atoms with Crippen molar-refractivity contribution in [1.82, 2.24) is 10.2 Å². The maximum atomic E-state index is 11.9. The van der Waals surface area contributed by atoms with Gasteiger partial charge in [-0.15, -0.1) is 0 Å². The van der Waals surface area contributed by atoms with Crippen molar-refractivity contribution in [3.05, 3.63) is 24.3 Å². The van der Waals surface area contributed by atoms with Crippen LogP contribution in [0.5, 0.6) is 5.75 Å². The predicted octanol–water partition coefficient (Wildman–Crippen LogP) is 1.80. The number of carbonyl (C=O) groups is 1. The number of piperidine rings is 1. The van der Waals surface area contributed by atoms with Crippen LogP contribution >= 0.6 is 0 Å². The van der Waals surface area contributed by atoms with Crippen molar-refractivity contribution in [1.29, 1.82) is 5.26 Å². The van der Waals surface area contributed by atoms with Gasteiger partial charge >= 0.3 is 6.03 Å². The van der Waals surface area contributed by atoms with E-state index in [2.05, 4.69) is 21.6 Å². The minimum absolute atomic E-state index is 0.165. The molecule has 1 aliphatic heterocycles. The Morgan fingerprint density at radius 3 is 2.62 bits per heavy atom. The van der Waals surface area contributed by atoms with Gasteiger partial charge in [-0.2, -0.15) is 5.26 Å². The van der Waals surface area contributed by atoms with E-state index in [9.17, 15) is 4.79 Å². The number of urea groups is 1. The van der Waals surface area contributed by atoms with Crippen LogP contribution in [0.2, 0.25) is 0 Å². The van der Waals surface area contributed by atoms with Gasteiger partial charge in [0.1, 0.15) is 5.75 Å². The maximum absolute atomic E-state index is 11.9. The average Bonchev–Trinajstić information content (AvgIpc) is 2.50. The van der Waals surface area contributed by atoms with E-state index in [4.69, 9.17) is 10.00 Å². The van der Waals surface area contributed by atoms with Crippen LogP contribution in [0.4, 0.5) is 10.5 Å². The molecule has 0 unspecified atom stereocenters. The number of nitriles is 1. The first-order chi connectivity index (χ1) is 10.2. The summed E-state index contributed by atoms with van der Waals surface area (Å²) in [6.07, 6.45) is 1.75. The fourth-order valence-electron chi connectivity index (χ4n) is 2.36. The van der Waals surface area contributed by atoms with Crippen LogP contribution in [0, 0.1) is 11.3 Å². The normalized spacial score (nSPS) is 16.0. The van der Waals surface area contributed by atoms with Crippen LogP contribution in [-0.2, 0) is 0 Å². The van der Waals surface area contributed by atoms with Gasteiger partial charge < -0.3 is 15.4 Å². The molecule has 0 saturated carbocycles. The summed E-state index contributed by atoms with van der Waals surface area (Å²) in [5.74, 6) is 0.755. The third kappa shape index (κ3) is 4.65. The van der Waals surface area contributed by atoms with E-state index in [-0.39, 0.29) is 12.1 Å². The van der Waals surface area contributed by atoms with E-state index in [0.717, 1.165) is 37.4 Å². The van der Waals surface area contributed by atoms with E-state index >= 15 is 0 Å². The van der Waals surface area contributed by atoms with Crippen LogP contribution in [0.1, 0.15) is 12.8 Å². The smallest absolute Gasteiger partial charge is 0.319 e. The minimum Gasteiger partial charge on any atom is -0.497 e. The van der Waals surface area contributed by atoms with Crippen LogP contribution < -0.4 is 15.4 Å². The molecule has 2 rings (SSSR count). The lowest BCUT2D eigenvalue weighted by molar-refractivity contribution is 0.211. The van der Waals surface area contributed by atoms with Crippen molar-refractivity contribution in [2.75, 3.05) is 32.1 Å². The molecule has 2 amide bonds. The minimum atomic E-state index is -0.195. The van der Waals surface area contributed by atoms with Gasteiger partial charge in [-0.1, -0.05) is 0 Å². The summed E-state index contributed by atoms with van der Waals surface area (Å²) < 4.78 is 5.07. The Kier molecular flexibility index (Phi) is 5.41. The Morgan fingerprint density at radius 2 is 2.05 bits per heavy atom. The molecule has 0 aliphatic carbocycles. The Bertz CT molecular complexity index is 501. The lowest BCUT2D eigenvalue weighted by Gasteiger charge is -2.30. The highest BCUT2D eigenvalue weighted by atomic mass is 16.5. The van der Waals surface area contributed by atoms with Crippen LogP contribution in [-0.4, -0.2) is 43.7 Å². The van der Waals surface area contributed by atoms with Gasteiger partial charge in [-0.3, -0.25) is 4.90 Å². The predicted molar refractivity (Wildman–Crippen MR) is 80.2 cm³/mol. The Morgan fingerprint density at radius 1 is 1.38 bits per heavy atom. The molecular formula is C15H20N4O2. The summed E-state index contributed by atoms with van der Waals surface area (Å²) in [4.78, 5) is 14.0. The SMILES string of the molecule is COc1ccc(NC(=O)NC2CCN(CC#N)CC2)cc1. The molecule has 1 aliphatic rings. The van der Waals surface area contributed by atoms with Gasteiger partial charge in [0.2, 0.25) is 0 Å². The fourth-order valence-corrected chi connectivity index (χ4v) is 2.36. The number of anilines is 1. The second-order valence-corrected chi connectivity index (χ2v) is 5.04. The number of amides is 2. The number of likely N-dealkylation sites (tertiary alicyclic amines) is 1. The zero-order valence-corrected chi connectivity index (χ0v) is 12.1. The molecule has 112 valence electrons. The highest BCUT2D eigenvalue weighted by molar-refractivity contribution is 5.89. The Labute approximate surface area is 124 Å². The molecule has 1 aromatic rings. The molecule has 1 fully saturated rings. The largest absolute Gasteiger partial charge is 0.497 e. The first kappa shape index (κ1) is 15.1. The molecule has 6 heteroatoms. The molecule has 0 radical (unpaired) electrons. The highest BCUT2D eigenvalue weighted by Gasteiger charge is 2.20. The molecule has 0 atom stereocenters. The van der Waals surface area contributed by atoms with E-state index in [0.29, 0.717) is 6.54 Å². The number of methoxy groups -OCH3 is 1. The Balaban J connectivity index is 1.76. The van der Waals surface area contributed by atoms with Crippen molar-refractivity contribution in [3.8, 4) is 11.8 Å². The van der Waals surface area contributed by atoms with E-state index < -0.39 is 0 Å². The number of benzene rings is 1. The van der Waals surface area contributed by atoms with Crippen molar-refractivity contribution >= 4 is 11.7 Å². The highest BCUT2D eigenvalue weighted by Crippen LogP contribution is 2.15. The molecule has 1 aromatic carbocycles. The van der Waals surface area contributed by atoms with Crippen molar-refractivity contribution in [3.63, 3.8) is 0 Å². The summed E-state index contributed by atoms with van der Waals surface area (Å²) in [6.45, 7) is 2.16. The summed E-state index contributed by atoms with van der Waals surface area (Å²) in [5, 5.41) is 14.4. The fraction of sp³-hybridized carbons (Fsp3) is 0.467. The van der Waals surface area contributed by atoms with Gasteiger partial charge in [0.25, 0.3) is 0 Å². The van der Waals surface area contributed by atoms with Crippen molar-refractivity contribution < 1.29 is 9.53 Å². The summed E-state index contributed by atoms with van der Waals surface area (Å²) in [5.41, 5.74) is 0.732. The lowest BCUT2D eigenvalue weighted by atomic mass is 10.1. The Hall–Kier alpha value is -2.26. The second-order valence-electron chi connectivity index (χ2n) is 5.04. The van der Waals surface area contributed by atoms with Gasteiger partial charge in [-0.05, 0) is 37.1 Å². The summed E-state index contributed by atoms with van der Waals surface area (Å²) in [6, 6.07) is 9.32. The lowest BCUT2D eigenvalue weighted by Crippen LogP contribution is -2.46. The number of ether oxygens (including phenoxy) is 1. The number of nitrogens with zero attached hydrogens (tertiary/aromatic N) is 2. The van der Waals surface area contributed by atoms with Gasteiger partial charge in [0.05, 0.1) is 19.7 Å². The third-order valence-corrected chi connectivity index (χ3v) is 3.57. The zero-order valence-electron chi connectivity index (χ0n) is 12.1. The zero-order chi connectivity index (χ0) is 15.1. The average molecular weight is 288 g/mol. The third-order valence-electron chi connectivity index (χ3n) is 3.57. The molecule has 0 bridgehead atoms. The standard InChI is InChI=1S/C15H20N4O2/c1-21-14-4-2-12(3-5-14)17-15(20)18-13-6-9-19(10-7-13)11-8-16/h2-5,13H,6-7,9-11H2,1H3,(H2,17,18,20). The van der Waals surface area contributed by atoms with Gasteiger partial charge in [-0.25, -0.2) is 4.79 Å². The second kappa shape index (κ2) is 7.50. The van der Waals surface area contributed by atoms with Gasteiger partial charge in [0, 0.05) is 24.8 Å². The number of nitrogens with one attached hydrogen (secondary N) is 2. The van der Waals surface area contributed by atoms with Crippen molar-refractivity contribution in [2.24, 2.45) is 0 Å². The summed E-state index contributed by atoms with van der Waals surface area (Å²) >= 11 is 0. The summed E-state index contributed by atoms with van der Waals surface area (Å²) in [7, 11) is 1.60. The first-order valence-corrected chi connectivity index (χ1v) is 7.02. The topological polar surface area (TPSA) is 77.4 Å². The monoisotopic (exact) mass is 288 g/mol. The first-order valence-electron chi connectivity index (χ1n) is 7.02. The molecule has 6 nitrogen and oxygen atoms in total. The van der Waals surface area contributed by atoms with E-state index in [1.54, 1.807) is 31.4 Å². The van der Waals surface area contributed by atoms with Crippen LogP contribution in [0.15, 0.2) is 24.3 Å². The molecular weight excluding hydrogens is 268 g/mol. The van der Waals surface area contributed by atoms with E-state index in [1.807, 2.05) is 0 Å². The molecule has 0 aromatic heterocycles. The molecule has 0 spiro atoms. The number of hydrogen-bond acceptors (Lipinski definition) is 4. The molecule has 1 saturated heterocycles. The van der Waals surface area contributed by atoms with Crippen LogP contribution in [0.3, 0.4) is 0 Å². The number of hydrogen-bond donors (Lipinski definition) is 2. The maximum Gasteiger partial charge on any atom is 0.319 e. The number of rotatable bonds is 4. The molecule has 2 N–H and O–H groups in total. The van der Waals surface area contributed by atoms with Gasteiger partial charge in [0.15, 0.2) is 0 Å². The molecule has 21 heavy (non-hydrogen) atoms. The number of carbonyl (C=O) groups excluding carboxylic acids is 1. The van der Waals surface area contributed by atoms with Crippen LogP contribution in [0.25, 0.3) is 0 Å². The van der Waals surface area contributed by atoms with Crippen molar-refractivity contribution in [2.45, 2.75) is 18.9 Å².